The lowest BCUT2D eigenvalue weighted by Crippen LogP contribution is -2.07. The third kappa shape index (κ3) is 4.40. The highest BCUT2D eigenvalue weighted by Gasteiger charge is 2.10. The van der Waals surface area contributed by atoms with Crippen molar-refractivity contribution < 1.29 is 14.2 Å². The minimum Gasteiger partial charge on any atom is -0.487 e. The van der Waals surface area contributed by atoms with Gasteiger partial charge in [0.05, 0.1) is 12.8 Å². The summed E-state index contributed by atoms with van der Waals surface area (Å²) in [5.41, 5.74) is 0. The molecule has 0 aliphatic rings. The fourth-order valence-electron chi connectivity index (χ4n) is 1.84. The average Bonchev–Trinajstić information content (AvgIpc) is 3.11. The van der Waals surface area contributed by atoms with Gasteiger partial charge in [-0.15, -0.1) is 11.3 Å². The second kappa shape index (κ2) is 8.23. The molecule has 0 atom stereocenters. The van der Waals surface area contributed by atoms with E-state index >= 15 is 0 Å². The molecule has 124 valence electrons. The van der Waals surface area contributed by atoms with E-state index in [1.54, 1.807) is 37.8 Å². The molecule has 7 nitrogen and oxygen atoms in total. The fraction of sp³-hybridized carbons (Fsp3) is 0.188. The zero-order valence-corrected chi connectivity index (χ0v) is 13.8. The molecule has 8 heteroatoms. The van der Waals surface area contributed by atoms with E-state index in [1.807, 2.05) is 17.5 Å². The van der Waals surface area contributed by atoms with Crippen LogP contribution in [-0.2, 0) is 4.74 Å². The largest absolute Gasteiger partial charge is 0.487 e. The number of hydrogen-bond donors (Lipinski definition) is 1. The third-order valence-electron chi connectivity index (χ3n) is 2.89. The number of pyridine rings is 2. The molecule has 0 saturated carbocycles. The predicted octanol–water partition coefficient (Wildman–Crippen LogP) is 3.49. The van der Waals surface area contributed by atoms with E-state index in [1.165, 1.54) is 11.3 Å². The van der Waals surface area contributed by atoms with Crippen molar-refractivity contribution in [2.24, 2.45) is 0 Å². The van der Waals surface area contributed by atoms with Gasteiger partial charge in [0.15, 0.2) is 22.4 Å². The Morgan fingerprint density at radius 1 is 1.12 bits per heavy atom. The summed E-state index contributed by atoms with van der Waals surface area (Å²) in [5.74, 6) is 2.14. The van der Waals surface area contributed by atoms with Crippen LogP contribution in [0.1, 0.15) is 0 Å². The summed E-state index contributed by atoms with van der Waals surface area (Å²) in [7, 11) is 1.62. The van der Waals surface area contributed by atoms with Gasteiger partial charge in [-0.2, -0.15) is 0 Å². The number of anilines is 2. The van der Waals surface area contributed by atoms with Gasteiger partial charge in [0.2, 0.25) is 5.88 Å². The molecular weight excluding hydrogens is 328 g/mol. The highest BCUT2D eigenvalue weighted by molar-refractivity contribution is 7.13. The monoisotopic (exact) mass is 344 g/mol. The molecule has 3 rings (SSSR count). The Morgan fingerprint density at radius 3 is 2.83 bits per heavy atom. The number of ether oxygens (including phenoxy) is 3. The number of hydrogen-bond acceptors (Lipinski definition) is 8. The Kier molecular flexibility index (Phi) is 5.54. The summed E-state index contributed by atoms with van der Waals surface area (Å²) in [6.45, 7) is 0.875. The van der Waals surface area contributed by atoms with Crippen LogP contribution >= 0.6 is 11.3 Å². The van der Waals surface area contributed by atoms with E-state index in [0.717, 1.165) is 5.13 Å². The summed E-state index contributed by atoms with van der Waals surface area (Å²) in [6, 6.07) is 7.20. The minimum atomic E-state index is 0.401. The molecule has 0 saturated heterocycles. The van der Waals surface area contributed by atoms with E-state index < -0.39 is 0 Å². The van der Waals surface area contributed by atoms with E-state index in [9.17, 15) is 0 Å². The minimum absolute atomic E-state index is 0.401. The van der Waals surface area contributed by atoms with Crippen LogP contribution in [0.5, 0.6) is 17.4 Å². The van der Waals surface area contributed by atoms with Crippen molar-refractivity contribution in [3.05, 3.63) is 48.2 Å². The van der Waals surface area contributed by atoms with Crippen LogP contribution < -0.4 is 14.8 Å². The van der Waals surface area contributed by atoms with Crippen LogP contribution in [0.3, 0.4) is 0 Å². The summed E-state index contributed by atoms with van der Waals surface area (Å²) < 4.78 is 16.4. The summed E-state index contributed by atoms with van der Waals surface area (Å²) >= 11 is 1.48. The van der Waals surface area contributed by atoms with Gasteiger partial charge in [-0.3, -0.25) is 0 Å². The number of nitrogens with one attached hydrogen (secondary N) is 1. The first-order chi connectivity index (χ1) is 11.8. The Bertz CT molecular complexity index is 753. The lowest BCUT2D eigenvalue weighted by Gasteiger charge is -2.12. The first-order valence-electron chi connectivity index (χ1n) is 7.22. The van der Waals surface area contributed by atoms with E-state index in [4.69, 9.17) is 14.2 Å². The maximum Gasteiger partial charge on any atom is 0.219 e. The highest BCUT2D eigenvalue weighted by Crippen LogP contribution is 2.31. The molecule has 0 aliphatic carbocycles. The van der Waals surface area contributed by atoms with Crippen molar-refractivity contribution in [2.45, 2.75) is 0 Å². The quantitative estimate of drug-likeness (QED) is 0.627. The average molecular weight is 344 g/mol. The molecule has 0 aliphatic heterocycles. The number of nitrogens with zero attached hydrogens (tertiary/aromatic N) is 3. The molecule has 0 amide bonds. The van der Waals surface area contributed by atoms with E-state index in [2.05, 4.69) is 20.3 Å². The number of rotatable bonds is 8. The second-order valence-electron chi connectivity index (χ2n) is 4.59. The Hall–Kier alpha value is -2.71. The van der Waals surface area contributed by atoms with Crippen LogP contribution in [0.4, 0.5) is 10.9 Å². The molecule has 3 aromatic heterocycles. The predicted molar refractivity (Wildman–Crippen MR) is 91.3 cm³/mol. The van der Waals surface area contributed by atoms with Gasteiger partial charge in [0.25, 0.3) is 0 Å². The SMILES string of the molecule is COCCOc1cc(Oc2ccccn2)cnc1Nc1nccs1. The summed E-state index contributed by atoms with van der Waals surface area (Å²) in [6.07, 6.45) is 4.99. The fourth-order valence-corrected chi connectivity index (χ4v) is 2.36. The van der Waals surface area contributed by atoms with Gasteiger partial charge in [0.1, 0.15) is 6.61 Å². The van der Waals surface area contributed by atoms with Gasteiger partial charge >= 0.3 is 0 Å². The zero-order chi connectivity index (χ0) is 16.6. The maximum absolute atomic E-state index is 5.73. The van der Waals surface area contributed by atoms with Crippen LogP contribution in [0.15, 0.2) is 48.2 Å². The van der Waals surface area contributed by atoms with Gasteiger partial charge in [-0.25, -0.2) is 15.0 Å². The smallest absolute Gasteiger partial charge is 0.219 e. The topological polar surface area (TPSA) is 78.4 Å². The Morgan fingerprint density at radius 2 is 2.08 bits per heavy atom. The molecule has 0 unspecified atom stereocenters. The van der Waals surface area contributed by atoms with E-state index in [-0.39, 0.29) is 0 Å². The number of methoxy groups -OCH3 is 1. The lowest BCUT2D eigenvalue weighted by molar-refractivity contribution is 0.146. The van der Waals surface area contributed by atoms with Crippen molar-refractivity contribution in [1.82, 2.24) is 15.0 Å². The van der Waals surface area contributed by atoms with Gasteiger partial charge < -0.3 is 19.5 Å². The van der Waals surface area contributed by atoms with Crippen molar-refractivity contribution in [3.8, 4) is 17.4 Å². The standard InChI is InChI=1S/C16H16N4O3S/c1-21-7-8-22-13-10-12(23-14-4-2-3-5-17-14)11-19-15(13)20-16-18-6-9-24-16/h2-6,9-11H,7-8H2,1H3,(H,18,19,20). The Balaban J connectivity index is 1.79. The van der Waals surface area contributed by atoms with Crippen molar-refractivity contribution in [2.75, 3.05) is 25.6 Å². The normalized spacial score (nSPS) is 10.4. The zero-order valence-electron chi connectivity index (χ0n) is 13.0. The van der Waals surface area contributed by atoms with Crippen molar-refractivity contribution >= 4 is 22.3 Å². The third-order valence-corrected chi connectivity index (χ3v) is 3.58. The molecule has 0 bridgehead atoms. The van der Waals surface area contributed by atoms with Crippen LogP contribution in [-0.4, -0.2) is 35.3 Å². The highest BCUT2D eigenvalue weighted by atomic mass is 32.1. The molecule has 0 aromatic carbocycles. The van der Waals surface area contributed by atoms with Gasteiger partial charge in [-0.05, 0) is 6.07 Å². The summed E-state index contributed by atoms with van der Waals surface area (Å²) in [4.78, 5) is 12.7. The van der Waals surface area contributed by atoms with Crippen molar-refractivity contribution in [1.29, 1.82) is 0 Å². The summed E-state index contributed by atoms with van der Waals surface area (Å²) in [5, 5.41) is 5.74. The maximum atomic E-state index is 5.73. The van der Waals surface area contributed by atoms with E-state index in [0.29, 0.717) is 36.4 Å². The Labute approximate surface area is 143 Å². The lowest BCUT2D eigenvalue weighted by atomic mass is 10.4. The molecule has 3 heterocycles. The molecule has 24 heavy (non-hydrogen) atoms. The van der Waals surface area contributed by atoms with Crippen LogP contribution in [0.2, 0.25) is 0 Å². The first-order valence-corrected chi connectivity index (χ1v) is 8.10. The number of thiazole rings is 1. The molecule has 0 spiro atoms. The number of aromatic nitrogens is 3. The molecule has 3 aromatic rings. The van der Waals surface area contributed by atoms with Gasteiger partial charge in [-0.1, -0.05) is 6.07 Å². The van der Waals surface area contributed by atoms with Crippen LogP contribution in [0, 0.1) is 0 Å². The second-order valence-corrected chi connectivity index (χ2v) is 5.49. The van der Waals surface area contributed by atoms with Crippen molar-refractivity contribution in [3.63, 3.8) is 0 Å². The van der Waals surface area contributed by atoms with Crippen LogP contribution in [0.25, 0.3) is 0 Å². The van der Waals surface area contributed by atoms with Gasteiger partial charge in [0, 0.05) is 37.0 Å². The molecule has 0 fully saturated rings. The first kappa shape index (κ1) is 16.2. The molecule has 1 N–H and O–H groups in total. The molecule has 0 radical (unpaired) electrons. The molecular formula is C16H16N4O3S.